The van der Waals surface area contributed by atoms with E-state index in [2.05, 4.69) is 53.6 Å². The fourth-order valence-corrected chi connectivity index (χ4v) is 4.22. The first kappa shape index (κ1) is 23.4. The van der Waals surface area contributed by atoms with Crippen molar-refractivity contribution in [3.05, 3.63) is 35.4 Å². The number of piperidine rings is 1. The number of benzene rings is 1. The van der Waals surface area contributed by atoms with Crippen LogP contribution in [0.3, 0.4) is 0 Å². The second-order valence-electron chi connectivity index (χ2n) is 8.10. The lowest BCUT2D eigenvalue weighted by atomic mass is 10.0. The number of rotatable bonds is 6. The lowest BCUT2D eigenvalue weighted by molar-refractivity contribution is 0.136. The van der Waals surface area contributed by atoms with Gasteiger partial charge in [-0.3, -0.25) is 9.89 Å². The summed E-state index contributed by atoms with van der Waals surface area (Å²) in [5, 5.41) is 17.0. The molecule has 158 valence electrons. The lowest BCUT2D eigenvalue weighted by Crippen LogP contribution is -2.48. The fraction of sp³-hybridized carbons (Fsp3) is 0.682. The Balaban J connectivity index is 0.00000280. The molecule has 2 aliphatic rings. The third kappa shape index (κ3) is 6.88. The number of hydrogen-bond donors (Lipinski definition) is 3. The fourth-order valence-electron chi connectivity index (χ4n) is 4.22. The van der Waals surface area contributed by atoms with Gasteiger partial charge in [0, 0.05) is 44.7 Å². The second kappa shape index (κ2) is 12.0. The lowest BCUT2D eigenvalue weighted by Gasteiger charge is -2.33. The van der Waals surface area contributed by atoms with Crippen molar-refractivity contribution >= 4 is 29.9 Å². The third-order valence-corrected chi connectivity index (χ3v) is 6.03. The van der Waals surface area contributed by atoms with Gasteiger partial charge in [0.25, 0.3) is 0 Å². The number of aliphatic hydroxyl groups is 1. The molecule has 1 heterocycles. The molecule has 3 N–H and O–H groups in total. The molecule has 6 heteroatoms. The first-order valence-electron chi connectivity index (χ1n) is 10.7. The first-order valence-corrected chi connectivity index (χ1v) is 10.7. The number of nitrogens with zero attached hydrogens (tertiary/aromatic N) is 2. The summed E-state index contributed by atoms with van der Waals surface area (Å²) in [6.07, 6.45) is 5.28. The molecule has 1 saturated carbocycles. The van der Waals surface area contributed by atoms with Crippen LogP contribution in [0.1, 0.15) is 50.2 Å². The second-order valence-corrected chi connectivity index (χ2v) is 8.10. The predicted octanol–water partition coefficient (Wildman–Crippen LogP) is 3.29. The quantitative estimate of drug-likeness (QED) is 0.319. The highest BCUT2D eigenvalue weighted by atomic mass is 127. The van der Waals surface area contributed by atoms with Gasteiger partial charge in [-0.2, -0.15) is 0 Å². The van der Waals surface area contributed by atoms with Crippen LogP contribution in [0.4, 0.5) is 0 Å². The Bertz CT molecular complexity index is 616. The number of aliphatic imine (C=N–C) groups is 1. The van der Waals surface area contributed by atoms with Crippen LogP contribution >= 0.6 is 24.0 Å². The van der Waals surface area contributed by atoms with Gasteiger partial charge in [-0.1, -0.05) is 30.7 Å². The molecular formula is C22H37IN4O. The van der Waals surface area contributed by atoms with Crippen molar-refractivity contribution < 1.29 is 5.11 Å². The number of halogens is 1. The zero-order valence-corrected chi connectivity index (χ0v) is 19.7. The maximum Gasteiger partial charge on any atom is 0.191 e. The molecule has 0 bridgehead atoms. The largest absolute Gasteiger partial charge is 0.393 e. The molecule has 5 nitrogen and oxygen atoms in total. The SMILES string of the molecule is CCNC(=NCC1CCCC1O)NC1CCN(Cc2ccccc2C)CC1.I. The van der Waals surface area contributed by atoms with Gasteiger partial charge in [-0.25, -0.2) is 0 Å². The van der Waals surface area contributed by atoms with Gasteiger partial charge in [0.1, 0.15) is 0 Å². The van der Waals surface area contributed by atoms with Crippen LogP contribution in [0.5, 0.6) is 0 Å². The maximum atomic E-state index is 10.0. The Morgan fingerprint density at radius 3 is 2.57 bits per heavy atom. The molecule has 0 radical (unpaired) electrons. The maximum absolute atomic E-state index is 10.0. The van der Waals surface area contributed by atoms with E-state index in [-0.39, 0.29) is 30.1 Å². The summed E-state index contributed by atoms with van der Waals surface area (Å²) in [4.78, 5) is 7.31. The van der Waals surface area contributed by atoms with Crippen LogP contribution in [-0.2, 0) is 6.54 Å². The van der Waals surface area contributed by atoms with Crippen molar-refractivity contribution in [1.82, 2.24) is 15.5 Å². The van der Waals surface area contributed by atoms with E-state index in [9.17, 15) is 5.11 Å². The van der Waals surface area contributed by atoms with Gasteiger partial charge < -0.3 is 15.7 Å². The van der Waals surface area contributed by atoms with Crippen LogP contribution < -0.4 is 10.6 Å². The monoisotopic (exact) mass is 500 g/mol. The smallest absolute Gasteiger partial charge is 0.191 e. The minimum absolute atomic E-state index is 0. The van der Waals surface area contributed by atoms with E-state index in [4.69, 9.17) is 4.99 Å². The number of guanidine groups is 1. The Hall–Kier alpha value is -0.860. The number of hydrogen-bond acceptors (Lipinski definition) is 3. The van der Waals surface area contributed by atoms with Gasteiger partial charge in [0.15, 0.2) is 5.96 Å². The van der Waals surface area contributed by atoms with Crippen LogP contribution in [0.2, 0.25) is 0 Å². The Labute approximate surface area is 187 Å². The van der Waals surface area contributed by atoms with Crippen molar-refractivity contribution in [2.75, 3.05) is 26.2 Å². The number of aryl methyl sites for hydroxylation is 1. The minimum Gasteiger partial charge on any atom is -0.393 e. The summed E-state index contributed by atoms with van der Waals surface area (Å²) in [5.74, 6) is 1.24. The summed E-state index contributed by atoms with van der Waals surface area (Å²) in [5.41, 5.74) is 2.82. The molecule has 1 aromatic carbocycles. The molecule has 3 rings (SSSR count). The first-order chi connectivity index (χ1) is 13.2. The van der Waals surface area contributed by atoms with E-state index >= 15 is 0 Å². The highest BCUT2D eigenvalue weighted by molar-refractivity contribution is 14.0. The molecule has 0 spiro atoms. The van der Waals surface area contributed by atoms with Gasteiger partial charge in [0.2, 0.25) is 0 Å². The summed E-state index contributed by atoms with van der Waals surface area (Å²) < 4.78 is 0. The van der Waals surface area contributed by atoms with Crippen molar-refractivity contribution in [1.29, 1.82) is 0 Å². The van der Waals surface area contributed by atoms with Crippen LogP contribution in [0.15, 0.2) is 29.3 Å². The molecular weight excluding hydrogens is 463 g/mol. The van der Waals surface area contributed by atoms with E-state index in [0.29, 0.717) is 12.0 Å². The molecule has 28 heavy (non-hydrogen) atoms. The Morgan fingerprint density at radius 2 is 1.93 bits per heavy atom. The average molecular weight is 500 g/mol. The normalized spacial score (nSPS) is 24.0. The molecule has 1 saturated heterocycles. The standard InChI is InChI=1S/C22H36N4O.HI/c1-3-23-22(24-15-18-9-6-10-21(18)27)25-20-11-13-26(14-12-20)16-19-8-5-4-7-17(19)2;/h4-5,7-8,18,20-21,27H,3,6,9-16H2,1-2H3,(H2,23,24,25);1H. The summed E-state index contributed by atoms with van der Waals surface area (Å²) in [6.45, 7) is 9.18. The van der Waals surface area contributed by atoms with Gasteiger partial charge in [-0.15, -0.1) is 24.0 Å². The Kier molecular flexibility index (Phi) is 10.0. The van der Waals surface area contributed by atoms with Gasteiger partial charge >= 0.3 is 0 Å². The minimum atomic E-state index is -0.165. The van der Waals surface area contributed by atoms with Gasteiger partial charge in [-0.05, 0) is 50.7 Å². The molecule has 1 aliphatic carbocycles. The van der Waals surface area contributed by atoms with Gasteiger partial charge in [0.05, 0.1) is 6.10 Å². The zero-order valence-electron chi connectivity index (χ0n) is 17.4. The number of aliphatic hydroxyl groups excluding tert-OH is 1. The third-order valence-electron chi connectivity index (χ3n) is 6.03. The van der Waals surface area contributed by atoms with E-state index < -0.39 is 0 Å². The van der Waals surface area contributed by atoms with Crippen molar-refractivity contribution in [3.8, 4) is 0 Å². The highest BCUT2D eigenvalue weighted by Gasteiger charge is 2.25. The average Bonchev–Trinajstić information content (AvgIpc) is 3.08. The van der Waals surface area contributed by atoms with E-state index in [0.717, 1.165) is 70.8 Å². The van der Waals surface area contributed by atoms with Crippen molar-refractivity contribution in [2.24, 2.45) is 10.9 Å². The van der Waals surface area contributed by atoms with E-state index in [1.54, 1.807) is 0 Å². The molecule has 0 amide bonds. The summed E-state index contributed by atoms with van der Waals surface area (Å²) >= 11 is 0. The highest BCUT2D eigenvalue weighted by Crippen LogP contribution is 2.25. The molecule has 0 aromatic heterocycles. The van der Waals surface area contributed by atoms with Crippen LogP contribution in [0, 0.1) is 12.8 Å². The van der Waals surface area contributed by atoms with Crippen molar-refractivity contribution in [3.63, 3.8) is 0 Å². The Morgan fingerprint density at radius 1 is 1.18 bits per heavy atom. The molecule has 1 aromatic rings. The molecule has 2 fully saturated rings. The summed E-state index contributed by atoms with van der Waals surface area (Å²) in [7, 11) is 0. The molecule has 1 aliphatic heterocycles. The number of likely N-dealkylation sites (tertiary alicyclic amines) is 1. The van der Waals surface area contributed by atoms with E-state index in [1.165, 1.54) is 11.1 Å². The van der Waals surface area contributed by atoms with E-state index in [1.807, 2.05) is 0 Å². The topological polar surface area (TPSA) is 59.9 Å². The molecule has 2 atom stereocenters. The van der Waals surface area contributed by atoms with Crippen LogP contribution in [-0.4, -0.2) is 54.3 Å². The number of nitrogens with one attached hydrogen (secondary N) is 2. The zero-order chi connectivity index (χ0) is 19.1. The predicted molar refractivity (Wildman–Crippen MR) is 127 cm³/mol. The van der Waals surface area contributed by atoms with Crippen LogP contribution in [0.25, 0.3) is 0 Å². The van der Waals surface area contributed by atoms with Crippen molar-refractivity contribution in [2.45, 2.75) is 64.6 Å². The summed E-state index contributed by atoms with van der Waals surface area (Å²) in [6, 6.07) is 9.17. The molecule has 2 unspecified atom stereocenters.